The van der Waals surface area contributed by atoms with Crippen molar-refractivity contribution in [2.45, 2.75) is 32.1 Å². The summed E-state index contributed by atoms with van der Waals surface area (Å²) < 4.78 is 37.6. The molecular formula is C22H29N3O6S. The smallest absolute Gasteiger partial charge is 0.269 e. The molecule has 0 radical (unpaired) electrons. The lowest BCUT2D eigenvalue weighted by Crippen LogP contribution is -2.41. The van der Waals surface area contributed by atoms with E-state index in [4.69, 9.17) is 9.47 Å². The molecule has 10 heteroatoms. The first-order valence-electron chi connectivity index (χ1n) is 10.2. The van der Waals surface area contributed by atoms with Crippen molar-refractivity contribution in [3.8, 4) is 11.5 Å². The number of methoxy groups -OCH3 is 1. The zero-order valence-electron chi connectivity index (χ0n) is 18.6. The number of hydrogen-bond donors (Lipinski definition) is 3. The minimum Gasteiger partial charge on any atom is -0.493 e. The molecule has 0 fully saturated rings. The average Bonchev–Trinajstić information content (AvgIpc) is 2.77. The molecule has 0 saturated heterocycles. The Hall–Kier alpha value is -3.11. The van der Waals surface area contributed by atoms with E-state index in [0.717, 1.165) is 6.42 Å². The van der Waals surface area contributed by atoms with Crippen molar-refractivity contribution in [3.05, 3.63) is 53.6 Å². The molecule has 2 rings (SSSR count). The lowest BCUT2D eigenvalue weighted by Gasteiger charge is -2.13. The number of hydrogen-bond acceptors (Lipinski definition) is 6. The quantitative estimate of drug-likeness (QED) is 0.465. The van der Waals surface area contributed by atoms with Crippen molar-refractivity contribution < 1.29 is 27.5 Å². The van der Waals surface area contributed by atoms with Gasteiger partial charge in [0.2, 0.25) is 10.0 Å². The van der Waals surface area contributed by atoms with Gasteiger partial charge in [0, 0.05) is 17.7 Å². The number of sulfonamides is 1. The van der Waals surface area contributed by atoms with Crippen molar-refractivity contribution in [1.82, 2.24) is 15.6 Å². The maximum atomic E-state index is 12.4. The van der Waals surface area contributed by atoms with Crippen LogP contribution in [0.25, 0.3) is 0 Å². The molecule has 2 amide bonds. The Labute approximate surface area is 188 Å². The number of amides is 2. The molecule has 0 bridgehead atoms. The van der Waals surface area contributed by atoms with Gasteiger partial charge in [-0.2, -0.15) is 0 Å². The summed E-state index contributed by atoms with van der Waals surface area (Å²) in [5, 5.41) is 0. The molecule has 32 heavy (non-hydrogen) atoms. The zero-order chi connectivity index (χ0) is 23.7. The second kappa shape index (κ2) is 11.5. The summed E-state index contributed by atoms with van der Waals surface area (Å²) in [7, 11) is -2.23. The molecule has 9 nitrogen and oxygen atoms in total. The van der Waals surface area contributed by atoms with Gasteiger partial charge in [0.15, 0.2) is 11.5 Å². The van der Waals surface area contributed by atoms with E-state index in [9.17, 15) is 18.0 Å². The molecule has 3 N–H and O–H groups in total. The van der Waals surface area contributed by atoms with Gasteiger partial charge in [-0.1, -0.05) is 26.8 Å². The van der Waals surface area contributed by atoms with Crippen molar-refractivity contribution in [2.24, 2.45) is 5.92 Å². The lowest BCUT2D eigenvalue weighted by atomic mass is 10.1. The predicted octanol–water partition coefficient (Wildman–Crippen LogP) is 2.49. The first kappa shape index (κ1) is 25.2. The Morgan fingerprint density at radius 2 is 1.62 bits per heavy atom. The van der Waals surface area contributed by atoms with E-state index >= 15 is 0 Å². The van der Waals surface area contributed by atoms with Crippen molar-refractivity contribution in [1.29, 1.82) is 0 Å². The number of rotatable bonds is 10. The number of carbonyl (C=O) groups is 2. The van der Waals surface area contributed by atoms with E-state index in [0.29, 0.717) is 24.0 Å². The zero-order valence-corrected chi connectivity index (χ0v) is 19.4. The molecule has 0 aliphatic rings. The lowest BCUT2D eigenvalue weighted by molar-refractivity contribution is 0.0846. The van der Waals surface area contributed by atoms with Gasteiger partial charge in [0.05, 0.1) is 18.6 Å². The van der Waals surface area contributed by atoms with Crippen LogP contribution in [0.2, 0.25) is 0 Å². The number of ether oxygens (including phenoxy) is 2. The Morgan fingerprint density at radius 3 is 2.22 bits per heavy atom. The largest absolute Gasteiger partial charge is 0.493 e. The Balaban J connectivity index is 2.04. The minimum atomic E-state index is -3.71. The van der Waals surface area contributed by atoms with E-state index in [1.807, 2.05) is 0 Å². The van der Waals surface area contributed by atoms with E-state index < -0.39 is 21.8 Å². The average molecular weight is 464 g/mol. The third-order valence-corrected chi connectivity index (χ3v) is 5.95. The van der Waals surface area contributed by atoms with E-state index in [1.54, 1.807) is 19.1 Å². The molecular weight excluding hydrogens is 434 g/mol. The molecule has 0 saturated carbocycles. The van der Waals surface area contributed by atoms with Crippen molar-refractivity contribution in [3.63, 3.8) is 0 Å². The number of benzene rings is 2. The van der Waals surface area contributed by atoms with Gasteiger partial charge in [0.25, 0.3) is 11.8 Å². The second-order valence-corrected chi connectivity index (χ2v) is 9.10. The SMILES string of the molecule is CCNS(=O)(=O)c1cccc(C(=O)NNC(=O)c2ccc(OCCC(C)C)c(OC)c2)c1. The van der Waals surface area contributed by atoms with Crippen molar-refractivity contribution in [2.75, 3.05) is 20.3 Å². The van der Waals surface area contributed by atoms with E-state index in [-0.39, 0.29) is 22.6 Å². The fourth-order valence-electron chi connectivity index (χ4n) is 2.67. The third-order valence-electron chi connectivity index (χ3n) is 4.41. The summed E-state index contributed by atoms with van der Waals surface area (Å²) in [6.07, 6.45) is 0.883. The highest BCUT2D eigenvalue weighted by atomic mass is 32.2. The molecule has 0 unspecified atom stereocenters. The van der Waals surface area contributed by atoms with Crippen LogP contribution in [0, 0.1) is 5.92 Å². The Kier molecular flexibility index (Phi) is 9.03. The van der Waals surface area contributed by atoms with Gasteiger partial charge in [-0.15, -0.1) is 0 Å². The summed E-state index contributed by atoms with van der Waals surface area (Å²) in [5.74, 6) is 0.189. The van der Waals surface area contributed by atoms with Gasteiger partial charge in [-0.25, -0.2) is 13.1 Å². The fourth-order valence-corrected chi connectivity index (χ4v) is 3.75. The van der Waals surface area contributed by atoms with Gasteiger partial charge in [-0.3, -0.25) is 20.4 Å². The summed E-state index contributed by atoms with van der Waals surface area (Å²) >= 11 is 0. The van der Waals surface area contributed by atoms with E-state index in [1.165, 1.54) is 37.4 Å². The molecule has 0 aliphatic carbocycles. The van der Waals surface area contributed by atoms with E-state index in [2.05, 4.69) is 29.4 Å². The highest BCUT2D eigenvalue weighted by Gasteiger charge is 2.16. The maximum Gasteiger partial charge on any atom is 0.269 e. The Bertz CT molecular complexity index is 1050. The highest BCUT2D eigenvalue weighted by molar-refractivity contribution is 7.89. The van der Waals surface area contributed by atoms with Crippen LogP contribution in [-0.4, -0.2) is 40.5 Å². The van der Waals surface area contributed by atoms with Crippen LogP contribution in [0.15, 0.2) is 47.4 Å². The first-order chi connectivity index (χ1) is 15.2. The van der Waals surface area contributed by atoms with Gasteiger partial charge < -0.3 is 9.47 Å². The third kappa shape index (κ3) is 6.96. The normalized spacial score (nSPS) is 11.2. The molecule has 2 aromatic carbocycles. The summed E-state index contributed by atoms with van der Waals surface area (Å²) in [6.45, 7) is 6.60. The number of nitrogens with one attached hydrogen (secondary N) is 3. The number of hydrazine groups is 1. The van der Waals surface area contributed by atoms with Crippen LogP contribution in [0.4, 0.5) is 0 Å². The fraction of sp³-hybridized carbons (Fsp3) is 0.364. The van der Waals surface area contributed by atoms with Crippen molar-refractivity contribution >= 4 is 21.8 Å². The molecule has 0 spiro atoms. The molecule has 174 valence electrons. The monoisotopic (exact) mass is 463 g/mol. The standard InChI is InChI=1S/C22H29N3O6S/c1-5-23-32(28,29)18-8-6-7-16(13-18)21(26)24-25-22(27)17-9-10-19(20(14-17)30-4)31-12-11-15(2)3/h6-10,13-15,23H,5,11-12H2,1-4H3,(H,24,26)(H,25,27). The highest BCUT2D eigenvalue weighted by Crippen LogP contribution is 2.28. The maximum absolute atomic E-state index is 12.4. The molecule has 0 aliphatic heterocycles. The van der Waals surface area contributed by atoms with Crippen LogP contribution in [0.1, 0.15) is 47.9 Å². The minimum absolute atomic E-state index is 0.0453. The summed E-state index contributed by atoms with van der Waals surface area (Å²) in [4.78, 5) is 24.8. The first-order valence-corrected chi connectivity index (χ1v) is 11.7. The van der Waals surface area contributed by atoms with Crippen LogP contribution in [0.5, 0.6) is 11.5 Å². The van der Waals surface area contributed by atoms with Crippen LogP contribution in [0.3, 0.4) is 0 Å². The van der Waals surface area contributed by atoms with Gasteiger partial charge >= 0.3 is 0 Å². The predicted molar refractivity (Wildman–Crippen MR) is 120 cm³/mol. The second-order valence-electron chi connectivity index (χ2n) is 7.33. The summed E-state index contributed by atoms with van der Waals surface area (Å²) in [6, 6.07) is 10.2. The molecule has 2 aromatic rings. The molecule has 0 heterocycles. The van der Waals surface area contributed by atoms with Gasteiger partial charge in [0.1, 0.15) is 0 Å². The van der Waals surface area contributed by atoms with Crippen LogP contribution in [-0.2, 0) is 10.0 Å². The summed E-state index contributed by atoms with van der Waals surface area (Å²) in [5.41, 5.74) is 4.92. The Morgan fingerprint density at radius 1 is 0.969 bits per heavy atom. The number of carbonyl (C=O) groups excluding carboxylic acids is 2. The molecule has 0 atom stereocenters. The topological polar surface area (TPSA) is 123 Å². The molecule has 0 aromatic heterocycles. The van der Waals surface area contributed by atoms with Gasteiger partial charge in [-0.05, 0) is 48.7 Å². The van der Waals surface area contributed by atoms with Crippen LogP contribution < -0.4 is 25.0 Å². The van der Waals surface area contributed by atoms with Crippen LogP contribution >= 0.6 is 0 Å².